The Hall–Kier alpha value is -2.21. The number of nitrogens with zero attached hydrogens (tertiary/aromatic N) is 5. The number of hydrogen-bond donors (Lipinski definition) is 0. The van der Waals surface area contributed by atoms with Gasteiger partial charge in [-0.3, -0.25) is 4.90 Å². The van der Waals surface area contributed by atoms with E-state index in [9.17, 15) is 0 Å². The lowest BCUT2D eigenvalue weighted by Gasteiger charge is -2.28. The molecule has 2 aromatic heterocycles. The van der Waals surface area contributed by atoms with Gasteiger partial charge in [-0.2, -0.15) is 0 Å². The van der Waals surface area contributed by atoms with Crippen LogP contribution in [0.15, 0.2) is 34.7 Å². The van der Waals surface area contributed by atoms with E-state index in [0.717, 1.165) is 35.6 Å². The first-order valence-corrected chi connectivity index (χ1v) is 8.55. The highest BCUT2D eigenvalue weighted by atomic mass is 16.3. The van der Waals surface area contributed by atoms with Crippen molar-refractivity contribution in [2.24, 2.45) is 0 Å². The Morgan fingerprint density at radius 2 is 1.88 bits per heavy atom. The zero-order valence-electron chi connectivity index (χ0n) is 14.4. The van der Waals surface area contributed by atoms with Gasteiger partial charge in [-0.05, 0) is 69.3 Å². The number of rotatable bonds is 3. The number of benzene rings is 1. The number of aromatic nitrogens is 4. The van der Waals surface area contributed by atoms with E-state index in [2.05, 4.69) is 53.3 Å². The SMILES string of the molecule is CC(C)(C)n1nnnc1C(c1cc2ccccc2o1)N1CCCC1. The van der Waals surface area contributed by atoms with E-state index in [1.54, 1.807) is 0 Å². The molecule has 0 saturated carbocycles. The Balaban J connectivity index is 1.84. The predicted molar refractivity (Wildman–Crippen MR) is 91.7 cm³/mol. The Bertz CT molecular complexity index is 805. The number of para-hydroxylation sites is 1. The fraction of sp³-hybridized carbons (Fsp3) is 0.500. The average Bonchev–Trinajstić information content (AvgIpc) is 3.27. The molecule has 1 atom stereocenters. The molecule has 6 nitrogen and oxygen atoms in total. The van der Waals surface area contributed by atoms with Crippen LogP contribution in [0.5, 0.6) is 0 Å². The fourth-order valence-electron chi connectivity index (χ4n) is 3.45. The summed E-state index contributed by atoms with van der Waals surface area (Å²) >= 11 is 0. The minimum Gasteiger partial charge on any atom is -0.459 e. The van der Waals surface area contributed by atoms with E-state index < -0.39 is 0 Å². The summed E-state index contributed by atoms with van der Waals surface area (Å²) in [6.45, 7) is 8.43. The molecule has 3 heterocycles. The molecule has 0 bridgehead atoms. The third kappa shape index (κ3) is 2.60. The van der Waals surface area contributed by atoms with Crippen LogP contribution in [0.1, 0.15) is 51.2 Å². The monoisotopic (exact) mass is 325 g/mol. The molecule has 4 rings (SSSR count). The molecule has 126 valence electrons. The third-order valence-corrected chi connectivity index (χ3v) is 4.59. The second kappa shape index (κ2) is 5.70. The molecule has 1 saturated heterocycles. The number of fused-ring (bicyclic) bond motifs is 1. The second-order valence-electron chi connectivity index (χ2n) is 7.45. The number of furan rings is 1. The summed E-state index contributed by atoms with van der Waals surface area (Å²) in [7, 11) is 0. The van der Waals surface area contributed by atoms with Gasteiger partial charge in [-0.1, -0.05) is 18.2 Å². The van der Waals surface area contributed by atoms with Crippen molar-refractivity contribution < 1.29 is 4.42 Å². The zero-order chi connectivity index (χ0) is 16.7. The van der Waals surface area contributed by atoms with Gasteiger partial charge in [-0.25, -0.2) is 4.68 Å². The molecule has 0 N–H and O–H groups in total. The van der Waals surface area contributed by atoms with E-state index in [1.165, 1.54) is 12.8 Å². The maximum absolute atomic E-state index is 6.18. The summed E-state index contributed by atoms with van der Waals surface area (Å²) in [4.78, 5) is 2.42. The molecule has 0 aliphatic carbocycles. The fourth-order valence-corrected chi connectivity index (χ4v) is 3.45. The van der Waals surface area contributed by atoms with Crippen LogP contribution in [-0.4, -0.2) is 38.2 Å². The summed E-state index contributed by atoms with van der Waals surface area (Å²) in [5, 5.41) is 13.7. The van der Waals surface area contributed by atoms with Crippen LogP contribution in [-0.2, 0) is 5.54 Å². The quantitative estimate of drug-likeness (QED) is 0.739. The molecule has 0 spiro atoms. The molecule has 0 amide bonds. The lowest BCUT2D eigenvalue weighted by Crippen LogP contribution is -2.33. The van der Waals surface area contributed by atoms with Crippen molar-refractivity contribution in [2.75, 3.05) is 13.1 Å². The van der Waals surface area contributed by atoms with Crippen molar-refractivity contribution in [3.05, 3.63) is 41.9 Å². The van der Waals surface area contributed by atoms with Crippen LogP contribution in [0.3, 0.4) is 0 Å². The Morgan fingerprint density at radius 3 is 2.58 bits per heavy atom. The highest BCUT2D eigenvalue weighted by Crippen LogP contribution is 2.35. The predicted octanol–water partition coefficient (Wildman–Crippen LogP) is 3.36. The van der Waals surface area contributed by atoms with E-state index in [1.807, 2.05) is 22.9 Å². The smallest absolute Gasteiger partial charge is 0.176 e. The molecule has 1 aliphatic rings. The maximum Gasteiger partial charge on any atom is 0.176 e. The first-order chi connectivity index (χ1) is 11.5. The lowest BCUT2D eigenvalue weighted by atomic mass is 10.1. The molecule has 1 fully saturated rings. The van der Waals surface area contributed by atoms with E-state index in [4.69, 9.17) is 4.42 Å². The summed E-state index contributed by atoms with van der Waals surface area (Å²) in [6.07, 6.45) is 2.40. The Morgan fingerprint density at radius 1 is 1.12 bits per heavy atom. The molecule has 3 aromatic rings. The molecular weight excluding hydrogens is 302 g/mol. The van der Waals surface area contributed by atoms with Crippen molar-refractivity contribution in [3.8, 4) is 0 Å². The Labute approximate surface area is 141 Å². The molecule has 1 aliphatic heterocycles. The molecule has 24 heavy (non-hydrogen) atoms. The van der Waals surface area contributed by atoms with Gasteiger partial charge in [0.1, 0.15) is 17.4 Å². The highest BCUT2D eigenvalue weighted by molar-refractivity contribution is 5.77. The van der Waals surface area contributed by atoms with Crippen LogP contribution in [0.2, 0.25) is 0 Å². The van der Waals surface area contributed by atoms with Crippen molar-refractivity contribution >= 4 is 11.0 Å². The van der Waals surface area contributed by atoms with Gasteiger partial charge in [0.05, 0.1) is 5.54 Å². The van der Waals surface area contributed by atoms with Gasteiger partial charge < -0.3 is 4.42 Å². The van der Waals surface area contributed by atoms with E-state index in [0.29, 0.717) is 0 Å². The first kappa shape index (κ1) is 15.3. The molecule has 0 radical (unpaired) electrons. The summed E-state index contributed by atoms with van der Waals surface area (Å²) in [6, 6.07) is 10.2. The van der Waals surface area contributed by atoms with Crippen molar-refractivity contribution in [2.45, 2.75) is 45.2 Å². The minimum atomic E-state index is -0.178. The molecular formula is C18H23N5O. The van der Waals surface area contributed by atoms with Crippen LogP contribution in [0.25, 0.3) is 11.0 Å². The number of hydrogen-bond acceptors (Lipinski definition) is 5. The van der Waals surface area contributed by atoms with Crippen LogP contribution in [0.4, 0.5) is 0 Å². The van der Waals surface area contributed by atoms with Gasteiger partial charge in [-0.15, -0.1) is 5.10 Å². The van der Waals surface area contributed by atoms with Crippen LogP contribution in [0, 0.1) is 0 Å². The summed E-state index contributed by atoms with van der Waals surface area (Å²) < 4.78 is 8.10. The van der Waals surface area contributed by atoms with Gasteiger partial charge in [0.25, 0.3) is 0 Å². The first-order valence-electron chi connectivity index (χ1n) is 8.55. The molecule has 6 heteroatoms. The maximum atomic E-state index is 6.18. The summed E-state index contributed by atoms with van der Waals surface area (Å²) in [5.74, 6) is 1.77. The van der Waals surface area contributed by atoms with Gasteiger partial charge in [0.2, 0.25) is 0 Å². The summed E-state index contributed by atoms with van der Waals surface area (Å²) in [5.41, 5.74) is 0.731. The third-order valence-electron chi connectivity index (χ3n) is 4.59. The van der Waals surface area contributed by atoms with Crippen molar-refractivity contribution in [1.82, 2.24) is 25.1 Å². The van der Waals surface area contributed by atoms with Crippen molar-refractivity contribution in [3.63, 3.8) is 0 Å². The zero-order valence-corrected chi connectivity index (χ0v) is 14.4. The van der Waals surface area contributed by atoms with E-state index >= 15 is 0 Å². The molecule has 1 aromatic carbocycles. The minimum absolute atomic E-state index is 0.0471. The Kier molecular flexibility index (Phi) is 3.64. The largest absolute Gasteiger partial charge is 0.459 e. The standard InChI is InChI=1S/C18H23N5O/c1-18(2,3)23-17(19-20-21-23)16(22-10-6-7-11-22)15-12-13-8-4-5-9-14(13)24-15/h4-5,8-9,12,16H,6-7,10-11H2,1-3H3. The van der Waals surface area contributed by atoms with E-state index in [-0.39, 0.29) is 11.6 Å². The van der Waals surface area contributed by atoms with Crippen LogP contribution < -0.4 is 0 Å². The molecule has 1 unspecified atom stereocenters. The number of likely N-dealkylation sites (tertiary alicyclic amines) is 1. The average molecular weight is 325 g/mol. The van der Waals surface area contributed by atoms with Crippen LogP contribution >= 0.6 is 0 Å². The highest BCUT2D eigenvalue weighted by Gasteiger charge is 2.34. The van der Waals surface area contributed by atoms with Gasteiger partial charge in [0.15, 0.2) is 5.82 Å². The van der Waals surface area contributed by atoms with Gasteiger partial charge in [0, 0.05) is 5.39 Å². The van der Waals surface area contributed by atoms with Crippen molar-refractivity contribution in [1.29, 1.82) is 0 Å². The number of tetrazole rings is 1. The van der Waals surface area contributed by atoms with Gasteiger partial charge >= 0.3 is 0 Å². The lowest BCUT2D eigenvalue weighted by molar-refractivity contribution is 0.221. The normalized spacial score (nSPS) is 17.6. The topological polar surface area (TPSA) is 60.0 Å². The second-order valence-corrected chi connectivity index (χ2v) is 7.45.